The summed E-state index contributed by atoms with van der Waals surface area (Å²) in [6.07, 6.45) is 2.08. The number of H-pyrrole nitrogens is 1. The van der Waals surface area contributed by atoms with E-state index < -0.39 is 0 Å². The van der Waals surface area contributed by atoms with E-state index in [1.165, 1.54) is 28.3 Å². The Kier molecular flexibility index (Phi) is 1.93. The van der Waals surface area contributed by atoms with E-state index in [1.54, 1.807) is 0 Å². The molecule has 0 bridgehead atoms. The molecule has 1 aromatic carbocycles. The zero-order valence-corrected chi connectivity index (χ0v) is 9.54. The van der Waals surface area contributed by atoms with Crippen LogP contribution in [0.3, 0.4) is 0 Å². The van der Waals surface area contributed by atoms with Gasteiger partial charge in [-0.25, -0.2) is 0 Å². The van der Waals surface area contributed by atoms with Crippen LogP contribution in [0.2, 0.25) is 0 Å². The van der Waals surface area contributed by atoms with Crippen LogP contribution in [-0.4, -0.2) is 12.0 Å². The van der Waals surface area contributed by atoms with Crippen molar-refractivity contribution in [1.82, 2.24) is 4.98 Å². The first kappa shape index (κ1) is 9.33. The zero-order chi connectivity index (χ0) is 11.1. The molecule has 0 spiro atoms. The van der Waals surface area contributed by atoms with Crippen LogP contribution >= 0.6 is 0 Å². The molecule has 1 aliphatic heterocycles. The van der Waals surface area contributed by atoms with Crippen molar-refractivity contribution in [1.29, 1.82) is 0 Å². The van der Waals surface area contributed by atoms with Gasteiger partial charge in [0, 0.05) is 31.0 Å². The van der Waals surface area contributed by atoms with Crippen LogP contribution in [0.1, 0.15) is 11.3 Å². The number of fused-ring (bicyclic) bond motifs is 2. The third-order valence-corrected chi connectivity index (χ3v) is 3.27. The summed E-state index contributed by atoms with van der Waals surface area (Å²) >= 11 is 0. The molecule has 3 nitrogen and oxygen atoms in total. The number of rotatable bonds is 0. The van der Waals surface area contributed by atoms with E-state index in [1.807, 2.05) is 0 Å². The molecular weight excluding hydrogens is 198 g/mol. The fraction of sp³-hybridized carbons (Fsp3) is 0.231. The third-order valence-electron chi connectivity index (χ3n) is 3.27. The van der Waals surface area contributed by atoms with Crippen molar-refractivity contribution >= 4 is 17.1 Å². The summed E-state index contributed by atoms with van der Waals surface area (Å²) < 4.78 is 0. The van der Waals surface area contributed by atoms with Gasteiger partial charge >= 0.3 is 0 Å². The number of nitrogens with zero attached hydrogens (tertiary/aromatic N) is 1. The van der Waals surface area contributed by atoms with Crippen LogP contribution in [0.4, 0.5) is 17.1 Å². The molecule has 16 heavy (non-hydrogen) atoms. The Morgan fingerprint density at radius 3 is 2.88 bits per heavy atom. The van der Waals surface area contributed by atoms with Crippen molar-refractivity contribution in [2.45, 2.75) is 13.5 Å². The summed E-state index contributed by atoms with van der Waals surface area (Å²) in [5.41, 5.74) is 6.26. The lowest BCUT2D eigenvalue weighted by Gasteiger charge is -2.19. The van der Waals surface area contributed by atoms with Crippen LogP contribution < -0.4 is 10.2 Å². The van der Waals surface area contributed by atoms with Gasteiger partial charge in [0.1, 0.15) is 0 Å². The third kappa shape index (κ3) is 1.21. The fourth-order valence-electron chi connectivity index (χ4n) is 2.29. The smallest absolute Gasteiger partial charge is 0.0644 e. The number of nitrogens with one attached hydrogen (secondary N) is 2. The number of aryl methyl sites for hydroxylation is 1. The van der Waals surface area contributed by atoms with E-state index in [9.17, 15) is 0 Å². The highest BCUT2D eigenvalue weighted by Gasteiger charge is 2.19. The Hall–Kier alpha value is -1.90. The summed E-state index contributed by atoms with van der Waals surface area (Å²) in [4.78, 5) is 5.52. The van der Waals surface area contributed by atoms with Crippen molar-refractivity contribution < 1.29 is 0 Å². The maximum atomic E-state index is 3.48. The molecule has 0 aliphatic carbocycles. The molecule has 0 fully saturated rings. The highest BCUT2D eigenvalue weighted by molar-refractivity contribution is 5.79. The molecule has 1 aromatic heterocycles. The van der Waals surface area contributed by atoms with Gasteiger partial charge in [-0.2, -0.15) is 0 Å². The number of anilines is 3. The average Bonchev–Trinajstić information content (AvgIpc) is 2.60. The molecule has 0 saturated heterocycles. The standard InChI is InChI=1S/C13H15N3/c1-9-10-7-15-11-5-3-4-6-12(11)16(2)13(10)8-14-9/h3-6,8,14-15H,7H2,1-2H3. The molecule has 0 unspecified atom stereocenters. The van der Waals surface area contributed by atoms with E-state index in [2.05, 4.69) is 59.6 Å². The van der Waals surface area contributed by atoms with E-state index >= 15 is 0 Å². The molecular formula is C13H15N3. The summed E-state index contributed by atoms with van der Waals surface area (Å²) in [5, 5.41) is 3.48. The lowest BCUT2D eigenvalue weighted by Crippen LogP contribution is -2.08. The van der Waals surface area contributed by atoms with Gasteiger partial charge in [-0.05, 0) is 19.1 Å². The van der Waals surface area contributed by atoms with Gasteiger partial charge in [0.15, 0.2) is 0 Å². The Balaban J connectivity index is 2.18. The Morgan fingerprint density at radius 2 is 2.00 bits per heavy atom. The topological polar surface area (TPSA) is 31.1 Å². The quantitative estimate of drug-likeness (QED) is 0.704. The van der Waals surface area contributed by atoms with Gasteiger partial charge in [-0.1, -0.05) is 12.1 Å². The second kappa shape index (κ2) is 3.30. The van der Waals surface area contributed by atoms with Crippen LogP contribution in [0, 0.1) is 6.92 Å². The van der Waals surface area contributed by atoms with Gasteiger partial charge in [-0.15, -0.1) is 0 Å². The van der Waals surface area contributed by atoms with E-state index in [-0.39, 0.29) is 0 Å². The van der Waals surface area contributed by atoms with Crippen LogP contribution in [0.25, 0.3) is 0 Å². The average molecular weight is 213 g/mol. The van der Waals surface area contributed by atoms with Crippen LogP contribution in [0.15, 0.2) is 30.5 Å². The van der Waals surface area contributed by atoms with Gasteiger partial charge in [-0.3, -0.25) is 0 Å². The Bertz CT molecular complexity index is 528. The summed E-state index contributed by atoms with van der Waals surface area (Å²) in [6, 6.07) is 8.40. The SMILES string of the molecule is Cc1[nH]cc2c1CNc1ccccc1N2C. The lowest BCUT2D eigenvalue weighted by molar-refractivity contribution is 1.11. The molecule has 0 amide bonds. The first-order valence-electron chi connectivity index (χ1n) is 5.51. The summed E-state index contributed by atoms with van der Waals surface area (Å²) in [6.45, 7) is 3.00. The lowest BCUT2D eigenvalue weighted by atomic mass is 10.2. The molecule has 3 heteroatoms. The molecule has 82 valence electrons. The molecule has 0 atom stereocenters. The predicted octanol–water partition coefficient (Wildman–Crippen LogP) is 3.02. The number of aromatic amines is 1. The minimum absolute atomic E-state index is 0.881. The molecule has 3 rings (SSSR count). The van der Waals surface area contributed by atoms with Crippen molar-refractivity contribution in [2.75, 3.05) is 17.3 Å². The Labute approximate surface area is 95.1 Å². The second-order valence-corrected chi connectivity index (χ2v) is 4.21. The minimum atomic E-state index is 0.881. The summed E-state index contributed by atoms with van der Waals surface area (Å²) in [7, 11) is 2.11. The van der Waals surface area contributed by atoms with Gasteiger partial charge in [0.05, 0.1) is 17.1 Å². The van der Waals surface area contributed by atoms with E-state index in [0.717, 1.165) is 6.54 Å². The number of para-hydroxylation sites is 2. The molecule has 1 aliphatic rings. The molecule has 2 aromatic rings. The zero-order valence-electron chi connectivity index (χ0n) is 9.54. The number of benzene rings is 1. The minimum Gasteiger partial charge on any atom is -0.379 e. The molecule has 2 heterocycles. The molecule has 0 saturated carbocycles. The molecule has 2 N–H and O–H groups in total. The number of aromatic nitrogens is 1. The second-order valence-electron chi connectivity index (χ2n) is 4.21. The first-order valence-corrected chi connectivity index (χ1v) is 5.51. The first-order chi connectivity index (χ1) is 7.77. The van der Waals surface area contributed by atoms with Crippen molar-refractivity contribution in [2.24, 2.45) is 0 Å². The van der Waals surface area contributed by atoms with E-state index in [0.29, 0.717) is 0 Å². The number of hydrogen-bond donors (Lipinski definition) is 2. The van der Waals surface area contributed by atoms with Crippen molar-refractivity contribution in [3.8, 4) is 0 Å². The monoisotopic (exact) mass is 213 g/mol. The Morgan fingerprint density at radius 1 is 1.19 bits per heavy atom. The molecule has 0 radical (unpaired) electrons. The van der Waals surface area contributed by atoms with Crippen molar-refractivity contribution in [3.05, 3.63) is 41.7 Å². The van der Waals surface area contributed by atoms with Gasteiger partial charge in [0.25, 0.3) is 0 Å². The predicted molar refractivity (Wildman–Crippen MR) is 67.4 cm³/mol. The maximum absolute atomic E-state index is 3.48. The summed E-state index contributed by atoms with van der Waals surface area (Å²) in [5.74, 6) is 0. The van der Waals surface area contributed by atoms with E-state index in [4.69, 9.17) is 0 Å². The highest BCUT2D eigenvalue weighted by Crippen LogP contribution is 2.37. The normalized spacial score (nSPS) is 13.8. The van der Waals surface area contributed by atoms with Gasteiger partial charge in [0.2, 0.25) is 0 Å². The largest absolute Gasteiger partial charge is 0.379 e. The number of hydrogen-bond acceptors (Lipinski definition) is 2. The van der Waals surface area contributed by atoms with Crippen LogP contribution in [-0.2, 0) is 6.54 Å². The maximum Gasteiger partial charge on any atom is 0.0644 e. The van der Waals surface area contributed by atoms with Crippen LogP contribution in [0.5, 0.6) is 0 Å². The fourth-order valence-corrected chi connectivity index (χ4v) is 2.29. The van der Waals surface area contributed by atoms with Crippen molar-refractivity contribution in [3.63, 3.8) is 0 Å². The highest BCUT2D eigenvalue weighted by atomic mass is 15.2. The van der Waals surface area contributed by atoms with Gasteiger partial charge < -0.3 is 15.2 Å².